The van der Waals surface area contributed by atoms with Gasteiger partial charge in [-0.2, -0.15) is 0 Å². The number of nitrogens with zero attached hydrogens (tertiary/aromatic N) is 2. The zero-order valence-corrected chi connectivity index (χ0v) is 15.5. The Hall–Kier alpha value is -2.14. The molecule has 0 atom stereocenters. The molecule has 128 valence electrons. The van der Waals surface area contributed by atoms with Crippen molar-refractivity contribution in [3.8, 4) is 0 Å². The van der Waals surface area contributed by atoms with Crippen molar-refractivity contribution in [3.63, 3.8) is 0 Å². The molecule has 4 nitrogen and oxygen atoms in total. The fraction of sp³-hybridized carbons (Fsp3) is 0.368. The van der Waals surface area contributed by atoms with Gasteiger partial charge in [0.1, 0.15) is 5.82 Å². The van der Waals surface area contributed by atoms with E-state index in [2.05, 4.69) is 58.6 Å². The third kappa shape index (κ3) is 5.81. The van der Waals surface area contributed by atoms with E-state index < -0.39 is 0 Å². The summed E-state index contributed by atoms with van der Waals surface area (Å²) in [6.07, 6.45) is 2.80. The smallest absolute Gasteiger partial charge is 0.171 e. The topological polar surface area (TPSA) is 40.2 Å². The fourth-order valence-electron chi connectivity index (χ4n) is 2.46. The lowest BCUT2D eigenvalue weighted by molar-refractivity contribution is 0.726. The lowest BCUT2D eigenvalue weighted by atomic mass is 10.2. The average Bonchev–Trinajstić information content (AvgIpc) is 2.56. The Morgan fingerprint density at radius 1 is 1.12 bits per heavy atom. The Bertz CT molecular complexity index is 655. The second-order valence-electron chi connectivity index (χ2n) is 5.87. The van der Waals surface area contributed by atoms with Gasteiger partial charge in [-0.15, -0.1) is 0 Å². The maximum absolute atomic E-state index is 5.32. The molecule has 24 heavy (non-hydrogen) atoms. The third-order valence-corrected chi connectivity index (χ3v) is 4.07. The van der Waals surface area contributed by atoms with Crippen LogP contribution in [0.25, 0.3) is 0 Å². The van der Waals surface area contributed by atoms with Crippen LogP contribution >= 0.6 is 12.2 Å². The first-order chi connectivity index (χ1) is 11.6. The van der Waals surface area contributed by atoms with Gasteiger partial charge in [-0.1, -0.05) is 17.7 Å². The minimum Gasteiger partial charge on any atom is -0.372 e. The highest BCUT2D eigenvalue weighted by Gasteiger charge is 2.04. The van der Waals surface area contributed by atoms with Crippen molar-refractivity contribution in [1.82, 2.24) is 10.3 Å². The summed E-state index contributed by atoms with van der Waals surface area (Å²) in [4.78, 5) is 6.62. The van der Waals surface area contributed by atoms with Gasteiger partial charge in [0.25, 0.3) is 0 Å². The van der Waals surface area contributed by atoms with Gasteiger partial charge in [0, 0.05) is 31.5 Å². The summed E-state index contributed by atoms with van der Waals surface area (Å²) < 4.78 is 0. The molecule has 0 aliphatic carbocycles. The molecule has 0 saturated carbocycles. The van der Waals surface area contributed by atoms with Crippen LogP contribution in [0.3, 0.4) is 0 Å². The third-order valence-electron chi connectivity index (χ3n) is 3.83. The largest absolute Gasteiger partial charge is 0.372 e. The molecule has 0 radical (unpaired) electrons. The van der Waals surface area contributed by atoms with Gasteiger partial charge in [-0.05, 0) is 69.2 Å². The van der Waals surface area contributed by atoms with Crippen molar-refractivity contribution in [2.45, 2.75) is 27.2 Å². The van der Waals surface area contributed by atoms with E-state index in [4.69, 9.17) is 12.2 Å². The lowest BCUT2D eigenvalue weighted by Gasteiger charge is -2.23. The Morgan fingerprint density at radius 2 is 1.88 bits per heavy atom. The quantitative estimate of drug-likeness (QED) is 0.590. The minimum absolute atomic E-state index is 0.617. The molecular formula is C19H26N4S. The summed E-state index contributed by atoms with van der Waals surface area (Å²) in [7, 11) is 0. The van der Waals surface area contributed by atoms with Crippen LogP contribution in [-0.2, 0) is 0 Å². The Labute approximate surface area is 150 Å². The molecule has 0 amide bonds. The minimum atomic E-state index is 0.617. The van der Waals surface area contributed by atoms with Crippen molar-refractivity contribution in [2.75, 3.05) is 29.9 Å². The molecule has 1 aromatic carbocycles. The van der Waals surface area contributed by atoms with Gasteiger partial charge >= 0.3 is 0 Å². The summed E-state index contributed by atoms with van der Waals surface area (Å²) in [5.74, 6) is 0.780. The number of aromatic nitrogens is 1. The molecular weight excluding hydrogens is 316 g/mol. The van der Waals surface area contributed by atoms with Crippen LogP contribution in [0.1, 0.15) is 24.5 Å². The van der Waals surface area contributed by atoms with E-state index in [9.17, 15) is 0 Å². The van der Waals surface area contributed by atoms with Crippen LogP contribution in [-0.4, -0.2) is 29.7 Å². The van der Waals surface area contributed by atoms with Crippen molar-refractivity contribution in [1.29, 1.82) is 0 Å². The second kappa shape index (κ2) is 9.23. The van der Waals surface area contributed by atoms with Crippen LogP contribution in [0, 0.1) is 13.8 Å². The first-order valence-electron chi connectivity index (χ1n) is 8.37. The lowest BCUT2D eigenvalue weighted by Crippen LogP contribution is -2.32. The van der Waals surface area contributed by atoms with Gasteiger partial charge in [0.2, 0.25) is 0 Å². The molecule has 1 heterocycles. The molecule has 0 bridgehead atoms. The standard InChI is InChI=1S/C19H26N4S/c1-4-23(17-8-6-15(2)7-9-17)13-5-11-21-19(24)22-18-14-16(3)10-12-20-18/h6-10,12,14H,4-5,11,13H2,1-3H3,(H2,20,21,22,24). The van der Waals surface area contributed by atoms with E-state index in [1.54, 1.807) is 6.20 Å². The highest BCUT2D eigenvalue weighted by atomic mass is 32.1. The number of aryl methyl sites for hydroxylation is 2. The van der Waals surface area contributed by atoms with Crippen molar-refractivity contribution in [3.05, 3.63) is 53.7 Å². The number of rotatable bonds is 7. The van der Waals surface area contributed by atoms with Crippen molar-refractivity contribution in [2.24, 2.45) is 0 Å². The molecule has 0 saturated heterocycles. The van der Waals surface area contributed by atoms with Gasteiger partial charge in [-0.25, -0.2) is 4.98 Å². The van der Waals surface area contributed by atoms with E-state index in [0.29, 0.717) is 5.11 Å². The van der Waals surface area contributed by atoms with E-state index >= 15 is 0 Å². The molecule has 1 aromatic heterocycles. The van der Waals surface area contributed by atoms with E-state index in [1.165, 1.54) is 11.3 Å². The normalized spacial score (nSPS) is 10.3. The molecule has 0 aliphatic rings. The number of hydrogen-bond acceptors (Lipinski definition) is 3. The van der Waals surface area contributed by atoms with E-state index in [1.807, 2.05) is 19.1 Å². The second-order valence-corrected chi connectivity index (χ2v) is 6.28. The monoisotopic (exact) mass is 342 g/mol. The Balaban J connectivity index is 1.73. The first kappa shape index (κ1) is 18.2. The zero-order valence-electron chi connectivity index (χ0n) is 14.7. The summed E-state index contributed by atoms with van der Waals surface area (Å²) in [6.45, 7) is 9.16. The van der Waals surface area contributed by atoms with Gasteiger partial charge in [0.05, 0.1) is 0 Å². The maximum Gasteiger partial charge on any atom is 0.171 e. The molecule has 0 unspecified atom stereocenters. The number of pyridine rings is 1. The Morgan fingerprint density at radius 3 is 2.54 bits per heavy atom. The average molecular weight is 343 g/mol. The van der Waals surface area contributed by atoms with Crippen molar-refractivity contribution >= 4 is 28.8 Å². The number of benzene rings is 1. The van der Waals surface area contributed by atoms with Crippen molar-refractivity contribution < 1.29 is 0 Å². The Kier molecular flexibility index (Phi) is 7.00. The molecule has 0 aliphatic heterocycles. The van der Waals surface area contributed by atoms with Crippen LogP contribution in [0.4, 0.5) is 11.5 Å². The van der Waals surface area contributed by atoms with Crippen LogP contribution < -0.4 is 15.5 Å². The molecule has 0 fully saturated rings. The zero-order chi connectivity index (χ0) is 17.4. The van der Waals surface area contributed by atoms with Gasteiger partial charge in [0.15, 0.2) is 5.11 Å². The molecule has 5 heteroatoms. The number of hydrogen-bond donors (Lipinski definition) is 2. The maximum atomic E-state index is 5.32. The number of thiocarbonyl (C=S) groups is 1. The van der Waals surface area contributed by atoms with Crippen LogP contribution in [0.2, 0.25) is 0 Å². The number of anilines is 2. The van der Waals surface area contributed by atoms with E-state index in [-0.39, 0.29) is 0 Å². The summed E-state index contributed by atoms with van der Waals surface area (Å²) in [6, 6.07) is 12.6. The predicted molar refractivity (Wildman–Crippen MR) is 107 cm³/mol. The summed E-state index contributed by atoms with van der Waals surface area (Å²) in [5, 5.41) is 6.98. The molecule has 2 rings (SSSR count). The highest BCUT2D eigenvalue weighted by Crippen LogP contribution is 2.14. The molecule has 0 spiro atoms. The van der Waals surface area contributed by atoms with Gasteiger partial charge in [-0.3, -0.25) is 0 Å². The van der Waals surface area contributed by atoms with Crippen LogP contribution in [0.15, 0.2) is 42.6 Å². The van der Waals surface area contributed by atoms with E-state index in [0.717, 1.165) is 37.4 Å². The number of nitrogens with one attached hydrogen (secondary N) is 2. The fourth-order valence-corrected chi connectivity index (χ4v) is 2.67. The van der Waals surface area contributed by atoms with Crippen LogP contribution in [0.5, 0.6) is 0 Å². The van der Waals surface area contributed by atoms with Gasteiger partial charge < -0.3 is 15.5 Å². The highest BCUT2D eigenvalue weighted by molar-refractivity contribution is 7.80. The predicted octanol–water partition coefficient (Wildman–Crippen LogP) is 3.90. The molecule has 2 aromatic rings. The first-order valence-corrected chi connectivity index (χ1v) is 8.78. The summed E-state index contributed by atoms with van der Waals surface area (Å²) >= 11 is 5.32. The SMILES string of the molecule is CCN(CCCNC(=S)Nc1cc(C)ccn1)c1ccc(C)cc1. The summed E-state index contributed by atoms with van der Waals surface area (Å²) in [5.41, 5.74) is 3.72. The molecule has 2 N–H and O–H groups in total.